The lowest BCUT2D eigenvalue weighted by atomic mass is 10.1. The van der Waals surface area contributed by atoms with E-state index >= 15 is 0 Å². The van der Waals surface area contributed by atoms with Crippen molar-refractivity contribution >= 4 is 29.4 Å². The van der Waals surface area contributed by atoms with Gasteiger partial charge < -0.3 is 4.84 Å². The number of nitrogens with zero attached hydrogens (tertiary/aromatic N) is 1. The van der Waals surface area contributed by atoms with Crippen molar-refractivity contribution in [2.24, 2.45) is 0 Å². The van der Waals surface area contributed by atoms with Gasteiger partial charge in [0.25, 0.3) is 11.8 Å². The molecule has 0 radical (unpaired) electrons. The number of hydrogen-bond acceptors (Lipinski definition) is 4. The maximum Gasteiger partial charge on any atom is 0.366 e. The van der Waals surface area contributed by atoms with Crippen LogP contribution in [0.5, 0.6) is 0 Å². The zero-order valence-electron chi connectivity index (χ0n) is 10.9. The van der Waals surface area contributed by atoms with E-state index in [1.54, 1.807) is 12.1 Å². The summed E-state index contributed by atoms with van der Waals surface area (Å²) in [5, 5.41) is 0.434. The second kappa shape index (κ2) is 5.23. The molecule has 7 heteroatoms. The van der Waals surface area contributed by atoms with Crippen LogP contribution in [0.2, 0.25) is 5.02 Å². The van der Waals surface area contributed by atoms with E-state index < -0.39 is 29.2 Å². The summed E-state index contributed by atoms with van der Waals surface area (Å²) in [6, 6.07) is 9.32. The van der Waals surface area contributed by atoms with Gasteiger partial charge in [-0.3, -0.25) is 9.59 Å². The molecule has 1 heterocycles. The van der Waals surface area contributed by atoms with E-state index in [1.807, 2.05) is 0 Å². The van der Waals surface area contributed by atoms with E-state index in [2.05, 4.69) is 0 Å². The van der Waals surface area contributed by atoms with Gasteiger partial charge in [0.1, 0.15) is 5.82 Å². The molecule has 0 bridgehead atoms. The normalized spacial score (nSPS) is 13.3. The van der Waals surface area contributed by atoms with Crippen LogP contribution in [0.15, 0.2) is 42.5 Å². The van der Waals surface area contributed by atoms with Gasteiger partial charge in [0.05, 0.1) is 16.7 Å². The number of hydroxylamine groups is 2. The molecule has 2 amide bonds. The van der Waals surface area contributed by atoms with Gasteiger partial charge in [-0.2, -0.15) is 0 Å². The number of rotatable bonds is 2. The average molecular weight is 320 g/mol. The van der Waals surface area contributed by atoms with E-state index in [0.717, 1.165) is 12.1 Å². The van der Waals surface area contributed by atoms with Gasteiger partial charge in [0.2, 0.25) is 0 Å². The fraction of sp³-hybridized carbons (Fsp3) is 0. The summed E-state index contributed by atoms with van der Waals surface area (Å²) < 4.78 is 13.6. The fourth-order valence-electron chi connectivity index (χ4n) is 2.04. The molecule has 2 aromatic rings. The zero-order valence-corrected chi connectivity index (χ0v) is 11.6. The lowest BCUT2D eigenvalue weighted by Crippen LogP contribution is -2.33. The summed E-state index contributed by atoms with van der Waals surface area (Å²) in [5.41, 5.74) is -0.234. The number of carbonyl (C=O) groups is 3. The molecule has 5 nitrogen and oxygen atoms in total. The quantitative estimate of drug-likeness (QED) is 0.798. The Morgan fingerprint density at radius 3 is 2.23 bits per heavy atom. The summed E-state index contributed by atoms with van der Waals surface area (Å²) >= 11 is 5.69. The number of fused-ring (bicyclic) bond motifs is 1. The molecule has 1 aliphatic rings. The molecule has 2 aromatic carbocycles. The van der Waals surface area contributed by atoms with Crippen LogP contribution in [-0.4, -0.2) is 22.8 Å². The van der Waals surface area contributed by atoms with Crippen molar-refractivity contribution < 1.29 is 23.6 Å². The Hall–Kier alpha value is -2.73. The number of benzene rings is 2. The third-order valence-corrected chi connectivity index (χ3v) is 3.31. The molecular weight excluding hydrogens is 313 g/mol. The van der Waals surface area contributed by atoms with E-state index in [9.17, 15) is 18.8 Å². The Kier molecular flexibility index (Phi) is 3.38. The van der Waals surface area contributed by atoms with E-state index in [4.69, 9.17) is 16.4 Å². The number of halogens is 2. The molecule has 1 aliphatic heterocycles. The van der Waals surface area contributed by atoms with Crippen LogP contribution in [0.4, 0.5) is 4.39 Å². The van der Waals surface area contributed by atoms with Gasteiger partial charge in [0, 0.05) is 5.02 Å². The standard InChI is InChI=1S/C15H7ClFNO4/c16-8-5-6-12(17)11(7-8)15(21)22-18-13(19)9-3-1-2-4-10(9)14(18)20/h1-7H. The van der Waals surface area contributed by atoms with Crippen molar-refractivity contribution in [2.45, 2.75) is 0 Å². The van der Waals surface area contributed by atoms with E-state index in [1.165, 1.54) is 18.2 Å². The van der Waals surface area contributed by atoms with Crippen molar-refractivity contribution in [1.29, 1.82) is 0 Å². The number of carbonyl (C=O) groups excluding carboxylic acids is 3. The molecule has 110 valence electrons. The third-order valence-electron chi connectivity index (χ3n) is 3.08. The minimum Gasteiger partial charge on any atom is -0.324 e. The highest BCUT2D eigenvalue weighted by Crippen LogP contribution is 2.24. The van der Waals surface area contributed by atoms with Crippen LogP contribution in [-0.2, 0) is 4.84 Å². The SMILES string of the molecule is O=C(ON1C(=O)c2ccccc2C1=O)c1cc(Cl)ccc1F. The van der Waals surface area contributed by atoms with Crippen LogP contribution in [0, 0.1) is 5.82 Å². The highest BCUT2D eigenvalue weighted by molar-refractivity contribution is 6.31. The van der Waals surface area contributed by atoms with E-state index in [-0.39, 0.29) is 16.1 Å². The Balaban J connectivity index is 1.89. The first-order valence-corrected chi connectivity index (χ1v) is 6.52. The molecule has 0 aliphatic carbocycles. The summed E-state index contributed by atoms with van der Waals surface area (Å²) in [7, 11) is 0. The first kappa shape index (κ1) is 14.2. The van der Waals surface area contributed by atoms with E-state index in [0.29, 0.717) is 5.06 Å². The molecule has 0 fully saturated rings. The Morgan fingerprint density at radius 2 is 1.64 bits per heavy atom. The summed E-state index contributed by atoms with van der Waals surface area (Å²) in [4.78, 5) is 40.8. The number of imide groups is 1. The van der Waals surface area contributed by atoms with Crippen LogP contribution in [0.3, 0.4) is 0 Å². The largest absolute Gasteiger partial charge is 0.366 e. The molecule has 0 atom stereocenters. The Labute approximate surface area is 128 Å². The van der Waals surface area contributed by atoms with Crippen molar-refractivity contribution in [1.82, 2.24) is 5.06 Å². The van der Waals surface area contributed by atoms with Crippen molar-refractivity contribution in [2.75, 3.05) is 0 Å². The average Bonchev–Trinajstić information content (AvgIpc) is 2.75. The van der Waals surface area contributed by atoms with Gasteiger partial charge in [-0.05, 0) is 30.3 Å². The van der Waals surface area contributed by atoms with Crippen molar-refractivity contribution in [3.05, 3.63) is 70.0 Å². The van der Waals surface area contributed by atoms with Gasteiger partial charge in [-0.15, -0.1) is 0 Å². The third kappa shape index (κ3) is 2.23. The predicted molar refractivity (Wildman–Crippen MR) is 73.8 cm³/mol. The van der Waals surface area contributed by atoms with Crippen molar-refractivity contribution in [3.63, 3.8) is 0 Å². The zero-order chi connectivity index (χ0) is 15.9. The molecule has 22 heavy (non-hydrogen) atoms. The second-order valence-electron chi connectivity index (χ2n) is 4.45. The maximum atomic E-state index is 13.6. The minimum atomic E-state index is -1.19. The molecule has 0 N–H and O–H groups in total. The molecule has 3 rings (SSSR count). The fourth-order valence-corrected chi connectivity index (χ4v) is 2.21. The van der Waals surface area contributed by atoms with Gasteiger partial charge in [-0.25, -0.2) is 9.18 Å². The first-order valence-electron chi connectivity index (χ1n) is 6.14. The summed E-state index contributed by atoms with van der Waals surface area (Å²) in [5.74, 6) is -3.62. The highest BCUT2D eigenvalue weighted by Gasteiger charge is 2.39. The van der Waals surface area contributed by atoms with Crippen LogP contribution in [0.1, 0.15) is 31.1 Å². The minimum absolute atomic E-state index is 0.117. The molecule has 0 saturated carbocycles. The highest BCUT2D eigenvalue weighted by atomic mass is 35.5. The van der Waals surface area contributed by atoms with Gasteiger partial charge in [0.15, 0.2) is 0 Å². The predicted octanol–water partition coefficient (Wildman–Crippen LogP) is 2.85. The van der Waals surface area contributed by atoms with Crippen LogP contribution >= 0.6 is 11.6 Å². The summed E-state index contributed by atoms with van der Waals surface area (Å²) in [6.07, 6.45) is 0. The maximum absolute atomic E-state index is 13.6. The summed E-state index contributed by atoms with van der Waals surface area (Å²) in [6.45, 7) is 0. The molecule has 0 spiro atoms. The molecule has 0 aromatic heterocycles. The Morgan fingerprint density at radius 1 is 1.05 bits per heavy atom. The van der Waals surface area contributed by atoms with Gasteiger partial charge >= 0.3 is 5.97 Å². The van der Waals surface area contributed by atoms with Crippen molar-refractivity contribution in [3.8, 4) is 0 Å². The lowest BCUT2D eigenvalue weighted by molar-refractivity contribution is -0.0587. The number of hydrogen-bond donors (Lipinski definition) is 0. The number of amides is 2. The first-order chi connectivity index (χ1) is 10.5. The van der Waals surface area contributed by atoms with Crippen LogP contribution in [0.25, 0.3) is 0 Å². The Bertz CT molecular complexity index is 786. The van der Waals surface area contributed by atoms with Gasteiger partial charge in [-0.1, -0.05) is 28.8 Å². The monoisotopic (exact) mass is 319 g/mol. The van der Waals surface area contributed by atoms with Crippen LogP contribution < -0.4 is 0 Å². The smallest absolute Gasteiger partial charge is 0.324 e. The molecular formula is C15H7ClFNO4. The molecule has 0 unspecified atom stereocenters. The molecule has 0 saturated heterocycles. The lowest BCUT2D eigenvalue weighted by Gasteiger charge is -2.13. The topological polar surface area (TPSA) is 63.7 Å². The second-order valence-corrected chi connectivity index (χ2v) is 4.89.